The minimum absolute atomic E-state index is 0.00179. The van der Waals surface area contributed by atoms with Crippen LogP contribution in [0.1, 0.15) is 10.6 Å². The van der Waals surface area contributed by atoms with Crippen molar-refractivity contribution in [3.05, 3.63) is 36.1 Å². The summed E-state index contributed by atoms with van der Waals surface area (Å²) in [6.45, 7) is 0.0493. The number of rotatable bonds is 3. The smallest absolute Gasteiger partial charge is 0.374 e. The molecule has 0 aliphatic carbocycles. The van der Waals surface area contributed by atoms with Crippen molar-refractivity contribution in [3.63, 3.8) is 0 Å². The van der Waals surface area contributed by atoms with E-state index in [2.05, 4.69) is 5.16 Å². The third-order valence-electron chi connectivity index (χ3n) is 3.59. The molecule has 1 aromatic carbocycles. The molecule has 2 heterocycles. The maximum atomic E-state index is 12.0. The van der Waals surface area contributed by atoms with E-state index in [1.54, 1.807) is 31.3 Å². The first-order chi connectivity index (χ1) is 11.0. The number of carbonyl (C=O) groups excluding carboxylic acids is 2. The first kappa shape index (κ1) is 14.8. The van der Waals surface area contributed by atoms with Crippen LogP contribution < -0.4 is 4.90 Å². The van der Waals surface area contributed by atoms with Crippen LogP contribution >= 0.6 is 0 Å². The van der Waals surface area contributed by atoms with Gasteiger partial charge in [-0.05, 0) is 12.1 Å². The molecule has 0 spiro atoms. The van der Waals surface area contributed by atoms with Gasteiger partial charge in [0.25, 0.3) is 0 Å². The number of aromatic carboxylic acids is 1. The summed E-state index contributed by atoms with van der Waals surface area (Å²) >= 11 is 0. The van der Waals surface area contributed by atoms with Gasteiger partial charge in [-0.1, -0.05) is 17.3 Å². The first-order valence-corrected chi connectivity index (χ1v) is 6.80. The van der Waals surface area contributed by atoms with Gasteiger partial charge in [-0.3, -0.25) is 9.59 Å². The lowest BCUT2D eigenvalue weighted by Gasteiger charge is -2.31. The molecule has 8 nitrogen and oxygen atoms in total. The van der Waals surface area contributed by atoms with Gasteiger partial charge in [0.15, 0.2) is 0 Å². The van der Waals surface area contributed by atoms with Crippen LogP contribution in [0, 0.1) is 0 Å². The highest BCUT2D eigenvalue weighted by atomic mass is 16.5. The summed E-state index contributed by atoms with van der Waals surface area (Å²) in [6.07, 6.45) is 0. The molecule has 1 aliphatic heterocycles. The van der Waals surface area contributed by atoms with Crippen LogP contribution in [0.25, 0.3) is 11.3 Å². The highest BCUT2D eigenvalue weighted by Crippen LogP contribution is 2.24. The van der Waals surface area contributed by atoms with Crippen molar-refractivity contribution >= 4 is 23.5 Å². The van der Waals surface area contributed by atoms with E-state index in [0.29, 0.717) is 16.9 Å². The molecular weight excluding hydrogens is 302 g/mol. The van der Waals surface area contributed by atoms with Crippen molar-refractivity contribution in [2.75, 3.05) is 25.0 Å². The highest BCUT2D eigenvalue weighted by Gasteiger charge is 2.28. The predicted octanol–water partition coefficient (Wildman–Crippen LogP) is 0.845. The van der Waals surface area contributed by atoms with Crippen LogP contribution in [0.2, 0.25) is 0 Å². The van der Waals surface area contributed by atoms with Crippen molar-refractivity contribution in [2.24, 2.45) is 0 Å². The van der Waals surface area contributed by atoms with Crippen LogP contribution in [0.4, 0.5) is 5.69 Å². The number of carboxylic acid groups (broad SMARTS) is 1. The molecule has 8 heteroatoms. The molecule has 0 unspecified atom stereocenters. The van der Waals surface area contributed by atoms with Crippen LogP contribution in [-0.4, -0.2) is 53.1 Å². The molecule has 0 atom stereocenters. The van der Waals surface area contributed by atoms with Gasteiger partial charge in [0.1, 0.15) is 12.2 Å². The lowest BCUT2D eigenvalue weighted by molar-refractivity contribution is -0.136. The summed E-state index contributed by atoms with van der Waals surface area (Å²) in [7, 11) is 1.59. The Balaban J connectivity index is 1.83. The number of anilines is 1. The van der Waals surface area contributed by atoms with Gasteiger partial charge in [0.2, 0.25) is 17.6 Å². The van der Waals surface area contributed by atoms with Crippen molar-refractivity contribution in [1.82, 2.24) is 10.1 Å². The van der Waals surface area contributed by atoms with E-state index in [-0.39, 0.29) is 30.7 Å². The Morgan fingerprint density at radius 2 is 1.87 bits per heavy atom. The van der Waals surface area contributed by atoms with E-state index in [9.17, 15) is 14.4 Å². The first-order valence-electron chi connectivity index (χ1n) is 6.80. The zero-order valence-electron chi connectivity index (χ0n) is 12.2. The largest absolute Gasteiger partial charge is 0.475 e. The van der Waals surface area contributed by atoms with Crippen LogP contribution in [0.15, 0.2) is 34.9 Å². The molecule has 1 fully saturated rings. The molecule has 1 N–H and O–H groups in total. The summed E-state index contributed by atoms with van der Waals surface area (Å²) in [4.78, 5) is 37.3. The van der Waals surface area contributed by atoms with E-state index in [1.165, 1.54) is 15.9 Å². The van der Waals surface area contributed by atoms with Gasteiger partial charge in [0.05, 0.1) is 6.54 Å². The number of amides is 2. The second-order valence-electron chi connectivity index (χ2n) is 5.16. The van der Waals surface area contributed by atoms with E-state index in [4.69, 9.17) is 9.63 Å². The highest BCUT2D eigenvalue weighted by molar-refractivity contribution is 6.04. The molecule has 23 heavy (non-hydrogen) atoms. The fourth-order valence-electron chi connectivity index (χ4n) is 2.28. The number of hydrogen-bond acceptors (Lipinski definition) is 5. The Bertz CT molecular complexity index is 781. The lowest BCUT2D eigenvalue weighted by Crippen LogP contribution is -2.52. The molecule has 0 bridgehead atoms. The molecule has 1 aliphatic rings. The van der Waals surface area contributed by atoms with Gasteiger partial charge in [0, 0.05) is 24.4 Å². The molecule has 2 aromatic rings. The average Bonchev–Trinajstić information content (AvgIpc) is 3.01. The number of hydrogen-bond donors (Lipinski definition) is 1. The summed E-state index contributed by atoms with van der Waals surface area (Å²) in [5.41, 5.74) is 1.63. The fraction of sp³-hybridized carbons (Fsp3) is 0.200. The van der Waals surface area contributed by atoms with Crippen molar-refractivity contribution in [2.45, 2.75) is 0 Å². The number of benzene rings is 1. The quantitative estimate of drug-likeness (QED) is 0.900. The van der Waals surface area contributed by atoms with Crippen molar-refractivity contribution in [1.29, 1.82) is 0 Å². The standard InChI is InChI=1S/C15H13N3O5/c1-17-7-14(20)18(8-13(17)19)10-4-2-9(3-5-10)11-6-12(15(21)22)23-16-11/h2-6H,7-8H2,1H3,(H,21,22). The van der Waals surface area contributed by atoms with Crippen molar-refractivity contribution < 1.29 is 24.0 Å². The SMILES string of the molecule is CN1CC(=O)N(c2ccc(-c3cc(C(=O)O)on3)cc2)CC1=O. The van der Waals surface area contributed by atoms with E-state index < -0.39 is 5.97 Å². The minimum Gasteiger partial charge on any atom is -0.475 e. The maximum absolute atomic E-state index is 12.0. The molecule has 1 aromatic heterocycles. The number of carbonyl (C=O) groups is 3. The number of piperazine rings is 1. The van der Waals surface area contributed by atoms with Gasteiger partial charge in [-0.25, -0.2) is 4.79 Å². The van der Waals surface area contributed by atoms with Gasteiger partial charge < -0.3 is 19.4 Å². The molecule has 0 saturated carbocycles. The van der Waals surface area contributed by atoms with Gasteiger partial charge >= 0.3 is 5.97 Å². The third kappa shape index (κ3) is 2.78. The summed E-state index contributed by atoms with van der Waals surface area (Å²) in [6, 6.07) is 8.06. The Labute approximate surface area is 130 Å². The van der Waals surface area contributed by atoms with E-state index >= 15 is 0 Å². The zero-order valence-corrected chi connectivity index (χ0v) is 12.2. The van der Waals surface area contributed by atoms with Gasteiger partial charge in [-0.2, -0.15) is 0 Å². The lowest BCUT2D eigenvalue weighted by atomic mass is 10.1. The fourth-order valence-corrected chi connectivity index (χ4v) is 2.28. The minimum atomic E-state index is -1.19. The van der Waals surface area contributed by atoms with Gasteiger partial charge in [-0.15, -0.1) is 0 Å². The maximum Gasteiger partial charge on any atom is 0.374 e. The molecular formula is C15H13N3O5. The molecule has 0 radical (unpaired) electrons. The average molecular weight is 315 g/mol. The second kappa shape index (κ2) is 5.56. The Kier molecular flexibility index (Phi) is 3.57. The number of aromatic nitrogens is 1. The summed E-state index contributed by atoms with van der Waals surface area (Å²) < 4.78 is 4.71. The Morgan fingerprint density at radius 1 is 1.17 bits per heavy atom. The monoisotopic (exact) mass is 315 g/mol. The topological polar surface area (TPSA) is 104 Å². The van der Waals surface area contributed by atoms with E-state index in [1.807, 2.05) is 0 Å². The zero-order chi connectivity index (χ0) is 16.6. The summed E-state index contributed by atoms with van der Waals surface area (Å²) in [5.74, 6) is -1.73. The predicted molar refractivity (Wildman–Crippen MR) is 78.9 cm³/mol. The second-order valence-corrected chi connectivity index (χ2v) is 5.16. The molecule has 118 valence electrons. The molecule has 1 saturated heterocycles. The van der Waals surface area contributed by atoms with Crippen LogP contribution in [0.3, 0.4) is 0 Å². The number of carboxylic acids is 1. The van der Waals surface area contributed by atoms with Crippen molar-refractivity contribution in [3.8, 4) is 11.3 Å². The normalized spacial score (nSPS) is 15.2. The number of nitrogens with zero attached hydrogens (tertiary/aromatic N) is 3. The Hall–Kier alpha value is -3.16. The molecule has 3 rings (SSSR count). The third-order valence-corrected chi connectivity index (χ3v) is 3.59. The number of likely N-dealkylation sites (N-methyl/N-ethyl adjacent to an activating group) is 1. The van der Waals surface area contributed by atoms with Crippen LogP contribution in [0.5, 0.6) is 0 Å². The Morgan fingerprint density at radius 3 is 2.48 bits per heavy atom. The molecule has 2 amide bonds. The van der Waals surface area contributed by atoms with Crippen LogP contribution in [-0.2, 0) is 9.59 Å². The summed E-state index contributed by atoms with van der Waals surface area (Å²) in [5, 5.41) is 12.5. The van der Waals surface area contributed by atoms with E-state index in [0.717, 1.165) is 0 Å².